The van der Waals surface area contributed by atoms with Crippen LogP contribution in [0.1, 0.15) is 30.5 Å². The van der Waals surface area contributed by atoms with Gasteiger partial charge < -0.3 is 0 Å². The Morgan fingerprint density at radius 1 is 1.27 bits per heavy atom. The lowest BCUT2D eigenvalue weighted by molar-refractivity contribution is -0.299. The van der Waals surface area contributed by atoms with Gasteiger partial charge in [-0.1, -0.05) is 17.7 Å². The average molecular weight is 205 g/mol. The number of aryl methyl sites for hydroxylation is 2. The summed E-state index contributed by atoms with van der Waals surface area (Å²) in [7, 11) is 0. The Bertz CT molecular complexity index is 451. The van der Waals surface area contributed by atoms with E-state index in [1.165, 1.54) is 0 Å². The molecule has 3 heteroatoms. The number of nitrogens with zero attached hydrogens (tertiary/aromatic N) is 1. The van der Waals surface area contributed by atoms with Crippen molar-refractivity contribution < 1.29 is 10.1 Å². The van der Waals surface area contributed by atoms with Crippen LogP contribution in [0.4, 0.5) is 5.69 Å². The number of hydrogen-bond acceptors (Lipinski definition) is 3. The lowest BCUT2D eigenvalue weighted by Gasteiger charge is -2.22. The fourth-order valence-electron chi connectivity index (χ4n) is 2.06. The van der Waals surface area contributed by atoms with Crippen molar-refractivity contribution >= 4 is 11.4 Å². The molecule has 0 fully saturated rings. The molecule has 0 bridgehead atoms. The highest BCUT2D eigenvalue weighted by atomic mass is 17.1. The zero-order valence-electron chi connectivity index (χ0n) is 9.46. The molecule has 1 aliphatic rings. The number of fused-ring (bicyclic) bond motifs is 1. The fourth-order valence-corrected chi connectivity index (χ4v) is 2.06. The topological polar surface area (TPSA) is 41.8 Å². The lowest BCUT2D eigenvalue weighted by Crippen LogP contribution is -2.29. The maximum Gasteiger partial charge on any atom is 0.165 e. The molecule has 15 heavy (non-hydrogen) atoms. The van der Waals surface area contributed by atoms with E-state index < -0.39 is 5.60 Å². The summed E-state index contributed by atoms with van der Waals surface area (Å²) in [4.78, 5) is 9.06. The van der Waals surface area contributed by atoms with Crippen LogP contribution in [-0.4, -0.2) is 11.0 Å². The van der Waals surface area contributed by atoms with Crippen molar-refractivity contribution in [2.45, 2.75) is 33.3 Å². The van der Waals surface area contributed by atoms with Crippen LogP contribution in [0.25, 0.3) is 0 Å². The second kappa shape index (κ2) is 3.15. The molecule has 0 saturated carbocycles. The molecule has 0 radical (unpaired) electrons. The van der Waals surface area contributed by atoms with E-state index in [1.54, 1.807) is 0 Å². The summed E-state index contributed by atoms with van der Waals surface area (Å²) >= 11 is 0. The molecular weight excluding hydrogens is 190 g/mol. The van der Waals surface area contributed by atoms with Crippen molar-refractivity contribution in [3.63, 3.8) is 0 Å². The van der Waals surface area contributed by atoms with E-state index in [9.17, 15) is 0 Å². The minimum absolute atomic E-state index is 0.786. The van der Waals surface area contributed by atoms with Crippen LogP contribution in [-0.2, 0) is 10.5 Å². The van der Waals surface area contributed by atoms with Gasteiger partial charge in [-0.2, -0.15) is 0 Å². The van der Waals surface area contributed by atoms with Gasteiger partial charge in [0.15, 0.2) is 5.60 Å². The molecule has 0 aliphatic carbocycles. The molecule has 1 aromatic rings. The van der Waals surface area contributed by atoms with Crippen LogP contribution in [0, 0.1) is 13.8 Å². The molecule has 3 nitrogen and oxygen atoms in total. The summed E-state index contributed by atoms with van der Waals surface area (Å²) in [5, 5.41) is 9.04. The molecule has 1 aliphatic heterocycles. The summed E-state index contributed by atoms with van der Waals surface area (Å²) in [6.45, 7) is 7.74. The fraction of sp³-hybridized carbons (Fsp3) is 0.417. The second-order valence-corrected chi connectivity index (χ2v) is 4.30. The normalized spacial score (nSPS) is 23.9. The summed E-state index contributed by atoms with van der Waals surface area (Å²) in [5.74, 6) is 0. The van der Waals surface area contributed by atoms with Crippen molar-refractivity contribution in [3.05, 3.63) is 28.8 Å². The summed E-state index contributed by atoms with van der Waals surface area (Å²) in [6.07, 6.45) is 0. The van der Waals surface area contributed by atoms with Crippen LogP contribution >= 0.6 is 0 Å². The number of hydrogen-bond donors (Lipinski definition) is 1. The largest absolute Gasteiger partial charge is 0.254 e. The molecule has 0 saturated heterocycles. The van der Waals surface area contributed by atoms with E-state index >= 15 is 0 Å². The Balaban J connectivity index is 2.70. The van der Waals surface area contributed by atoms with Gasteiger partial charge in [-0.15, -0.1) is 0 Å². The van der Waals surface area contributed by atoms with Crippen LogP contribution in [0.5, 0.6) is 0 Å². The van der Waals surface area contributed by atoms with E-state index in [2.05, 4.69) is 15.9 Å². The van der Waals surface area contributed by atoms with Crippen LogP contribution in [0.3, 0.4) is 0 Å². The molecule has 80 valence electrons. The Labute approximate surface area is 89.3 Å². The van der Waals surface area contributed by atoms with Crippen molar-refractivity contribution in [3.8, 4) is 0 Å². The van der Waals surface area contributed by atoms with Gasteiger partial charge in [0, 0.05) is 5.56 Å². The zero-order chi connectivity index (χ0) is 11.2. The Morgan fingerprint density at radius 3 is 2.53 bits per heavy atom. The van der Waals surface area contributed by atoms with Gasteiger partial charge in [0.1, 0.15) is 0 Å². The van der Waals surface area contributed by atoms with Crippen molar-refractivity contribution in [2.24, 2.45) is 4.99 Å². The number of rotatable bonds is 1. The molecule has 1 atom stereocenters. The highest BCUT2D eigenvalue weighted by molar-refractivity contribution is 5.99. The smallest absolute Gasteiger partial charge is 0.165 e. The van der Waals surface area contributed by atoms with Crippen LogP contribution in [0.15, 0.2) is 17.1 Å². The second-order valence-electron chi connectivity index (χ2n) is 4.30. The first-order chi connectivity index (χ1) is 6.99. The molecule has 1 unspecified atom stereocenters. The maximum atomic E-state index is 9.04. The predicted octanol–water partition coefficient (Wildman–Crippen LogP) is 3.11. The maximum absolute atomic E-state index is 9.04. The Kier molecular flexibility index (Phi) is 2.17. The van der Waals surface area contributed by atoms with Crippen molar-refractivity contribution in [2.75, 3.05) is 0 Å². The van der Waals surface area contributed by atoms with Crippen molar-refractivity contribution in [1.82, 2.24) is 0 Å². The summed E-state index contributed by atoms with van der Waals surface area (Å²) in [6, 6.07) is 4.09. The van der Waals surface area contributed by atoms with E-state index in [-0.39, 0.29) is 0 Å². The summed E-state index contributed by atoms with van der Waals surface area (Å²) < 4.78 is 0. The third kappa shape index (κ3) is 1.31. The molecule has 1 N–H and O–H groups in total. The standard InChI is InChI=1S/C12H15NO2/c1-7-5-8(2)11-10(6-7)12(4,15-14)9(3)13-11/h5-6,14H,1-4H3. The highest BCUT2D eigenvalue weighted by Gasteiger charge is 2.39. The van der Waals surface area contributed by atoms with Gasteiger partial charge in [-0.05, 0) is 33.3 Å². The zero-order valence-corrected chi connectivity index (χ0v) is 9.46. The van der Waals surface area contributed by atoms with E-state index in [1.807, 2.05) is 33.8 Å². The first-order valence-electron chi connectivity index (χ1n) is 4.99. The van der Waals surface area contributed by atoms with Crippen molar-refractivity contribution in [1.29, 1.82) is 0 Å². The van der Waals surface area contributed by atoms with E-state index in [4.69, 9.17) is 5.26 Å². The quantitative estimate of drug-likeness (QED) is 0.565. The van der Waals surface area contributed by atoms with Gasteiger partial charge >= 0.3 is 0 Å². The molecule has 2 rings (SSSR count). The number of aliphatic imine (C=N–C) groups is 1. The summed E-state index contributed by atoms with van der Waals surface area (Å²) in [5.41, 5.74) is 4.14. The van der Waals surface area contributed by atoms with Crippen LogP contribution in [0.2, 0.25) is 0 Å². The first-order valence-corrected chi connectivity index (χ1v) is 4.99. The molecular formula is C12H15NO2. The van der Waals surface area contributed by atoms with Gasteiger partial charge in [0.25, 0.3) is 0 Å². The van der Waals surface area contributed by atoms with Gasteiger partial charge in [-0.3, -0.25) is 10.2 Å². The molecule has 0 spiro atoms. The number of benzene rings is 1. The monoisotopic (exact) mass is 205 g/mol. The molecule has 1 aromatic carbocycles. The molecule has 0 amide bonds. The SMILES string of the molecule is CC1=Nc2c(C)cc(C)cc2C1(C)OO. The third-order valence-corrected chi connectivity index (χ3v) is 3.11. The van der Waals surface area contributed by atoms with E-state index in [0.717, 1.165) is 28.1 Å². The Morgan fingerprint density at radius 2 is 1.93 bits per heavy atom. The van der Waals surface area contributed by atoms with E-state index in [0.29, 0.717) is 0 Å². The van der Waals surface area contributed by atoms with Gasteiger partial charge in [0.2, 0.25) is 0 Å². The first kappa shape index (κ1) is 10.3. The van der Waals surface area contributed by atoms with Gasteiger partial charge in [-0.25, -0.2) is 4.89 Å². The van der Waals surface area contributed by atoms with Crippen LogP contribution < -0.4 is 0 Å². The third-order valence-electron chi connectivity index (χ3n) is 3.11. The van der Waals surface area contributed by atoms with Gasteiger partial charge in [0.05, 0.1) is 11.4 Å². The Hall–Kier alpha value is -1.19. The molecule has 0 aromatic heterocycles. The predicted molar refractivity (Wildman–Crippen MR) is 59.8 cm³/mol. The average Bonchev–Trinajstić information content (AvgIpc) is 2.43. The lowest BCUT2D eigenvalue weighted by atomic mass is 9.91. The minimum atomic E-state index is -0.786. The minimum Gasteiger partial charge on any atom is -0.254 e. The molecule has 1 heterocycles. The highest BCUT2D eigenvalue weighted by Crippen LogP contribution is 2.42.